The Hall–Kier alpha value is -1.91. The van der Waals surface area contributed by atoms with Crippen LogP contribution in [0.5, 0.6) is 0 Å². The summed E-state index contributed by atoms with van der Waals surface area (Å²) in [6, 6.07) is 4.47. The molecule has 0 bridgehead atoms. The number of benzene rings is 1. The monoisotopic (exact) mass is 319 g/mol. The minimum Gasteiger partial charge on any atom is -0.481 e. The highest BCUT2D eigenvalue weighted by atomic mass is 19.1. The molecule has 3 rings (SSSR count). The molecule has 2 atom stereocenters. The molecular weight excluding hydrogens is 297 g/mol. The largest absolute Gasteiger partial charge is 0.481 e. The second-order valence-electron chi connectivity index (χ2n) is 6.99. The van der Waals surface area contributed by atoms with Crippen LogP contribution in [0.1, 0.15) is 56.7 Å². The van der Waals surface area contributed by atoms with Gasteiger partial charge in [-0.3, -0.25) is 9.59 Å². The number of carbonyl (C=O) groups excluding carboxylic acids is 1. The molecule has 1 N–H and O–H groups in total. The van der Waals surface area contributed by atoms with E-state index in [0.717, 1.165) is 17.5 Å². The van der Waals surface area contributed by atoms with Gasteiger partial charge >= 0.3 is 5.97 Å². The number of aliphatic carboxylic acids is 1. The van der Waals surface area contributed by atoms with E-state index in [1.54, 1.807) is 11.0 Å². The zero-order chi connectivity index (χ0) is 16.8. The van der Waals surface area contributed by atoms with Crippen molar-refractivity contribution in [1.82, 2.24) is 4.90 Å². The van der Waals surface area contributed by atoms with Crippen molar-refractivity contribution in [3.63, 3.8) is 0 Å². The number of rotatable bonds is 3. The molecule has 1 aromatic carbocycles. The van der Waals surface area contributed by atoms with Crippen molar-refractivity contribution in [2.75, 3.05) is 0 Å². The Kier molecular flexibility index (Phi) is 3.90. The lowest BCUT2D eigenvalue weighted by molar-refractivity contribution is -0.160. The first-order valence-corrected chi connectivity index (χ1v) is 8.17. The molecule has 2 unspecified atom stereocenters. The second-order valence-corrected chi connectivity index (χ2v) is 6.99. The summed E-state index contributed by atoms with van der Waals surface area (Å²) in [5.41, 5.74) is 1.01. The van der Waals surface area contributed by atoms with E-state index in [2.05, 4.69) is 0 Å². The fourth-order valence-electron chi connectivity index (χ4n) is 4.02. The lowest BCUT2D eigenvalue weighted by Gasteiger charge is -2.44. The molecule has 0 saturated heterocycles. The normalized spacial score (nSPS) is 25.4. The third kappa shape index (κ3) is 2.62. The summed E-state index contributed by atoms with van der Waals surface area (Å²) in [4.78, 5) is 26.1. The SMILES string of the molecule is CC1Cc2cc(F)ccc2C(C)N1C(=O)CC1(C(=O)O)CCC1. The third-order valence-corrected chi connectivity index (χ3v) is 5.50. The Morgan fingerprint density at radius 1 is 1.35 bits per heavy atom. The molecular formula is C18H22FNO3. The standard InChI is InChI=1S/C18H22FNO3/c1-11-8-13-9-14(19)4-5-15(13)12(2)20(11)16(21)10-18(17(22)23)6-3-7-18/h4-5,9,11-12H,3,6-8,10H2,1-2H3,(H,22,23). The van der Waals surface area contributed by atoms with Crippen LogP contribution in [0.3, 0.4) is 0 Å². The van der Waals surface area contributed by atoms with Crippen molar-refractivity contribution < 1.29 is 19.1 Å². The van der Waals surface area contributed by atoms with Gasteiger partial charge in [0.2, 0.25) is 5.91 Å². The highest BCUT2D eigenvalue weighted by molar-refractivity contribution is 5.86. The van der Waals surface area contributed by atoms with E-state index in [0.29, 0.717) is 19.3 Å². The van der Waals surface area contributed by atoms with E-state index in [-0.39, 0.29) is 30.2 Å². The van der Waals surface area contributed by atoms with Crippen LogP contribution in [0.4, 0.5) is 4.39 Å². The average molecular weight is 319 g/mol. The van der Waals surface area contributed by atoms with Gasteiger partial charge in [0.25, 0.3) is 0 Å². The van der Waals surface area contributed by atoms with E-state index >= 15 is 0 Å². The summed E-state index contributed by atoms with van der Waals surface area (Å²) in [5.74, 6) is -1.24. The summed E-state index contributed by atoms with van der Waals surface area (Å²) < 4.78 is 13.4. The lowest BCUT2D eigenvalue weighted by atomic mass is 9.66. The molecule has 4 nitrogen and oxygen atoms in total. The highest BCUT2D eigenvalue weighted by Gasteiger charge is 2.47. The molecule has 0 aromatic heterocycles. The molecule has 0 radical (unpaired) electrons. The van der Waals surface area contributed by atoms with Crippen molar-refractivity contribution in [2.45, 2.75) is 58.0 Å². The van der Waals surface area contributed by atoms with Crippen LogP contribution in [0.15, 0.2) is 18.2 Å². The second kappa shape index (κ2) is 5.62. The van der Waals surface area contributed by atoms with Crippen LogP contribution < -0.4 is 0 Å². The topological polar surface area (TPSA) is 57.6 Å². The molecule has 2 aliphatic rings. The van der Waals surface area contributed by atoms with Crippen LogP contribution >= 0.6 is 0 Å². The van der Waals surface area contributed by atoms with E-state index in [1.807, 2.05) is 13.8 Å². The molecule has 1 saturated carbocycles. The summed E-state index contributed by atoms with van der Waals surface area (Å²) in [6.45, 7) is 3.87. The minimum absolute atomic E-state index is 0.0577. The molecule has 23 heavy (non-hydrogen) atoms. The number of nitrogens with zero attached hydrogens (tertiary/aromatic N) is 1. The van der Waals surface area contributed by atoms with Gasteiger partial charge in [-0.25, -0.2) is 4.39 Å². The van der Waals surface area contributed by atoms with Gasteiger partial charge in [-0.1, -0.05) is 12.5 Å². The molecule has 1 amide bonds. The third-order valence-electron chi connectivity index (χ3n) is 5.50. The summed E-state index contributed by atoms with van der Waals surface area (Å²) in [6.07, 6.45) is 2.68. The van der Waals surface area contributed by atoms with Crippen LogP contribution in [0, 0.1) is 11.2 Å². The quantitative estimate of drug-likeness (QED) is 0.930. The number of hydrogen-bond donors (Lipinski definition) is 1. The van der Waals surface area contributed by atoms with Crippen molar-refractivity contribution in [3.05, 3.63) is 35.1 Å². The summed E-state index contributed by atoms with van der Waals surface area (Å²) in [7, 11) is 0. The maximum atomic E-state index is 13.4. The lowest BCUT2D eigenvalue weighted by Crippen LogP contribution is -2.49. The van der Waals surface area contributed by atoms with Gasteiger partial charge in [0.15, 0.2) is 0 Å². The number of fused-ring (bicyclic) bond motifs is 1. The van der Waals surface area contributed by atoms with E-state index in [4.69, 9.17) is 0 Å². The fraction of sp³-hybridized carbons (Fsp3) is 0.556. The molecule has 1 heterocycles. The number of carbonyl (C=O) groups is 2. The molecule has 1 aromatic rings. The van der Waals surface area contributed by atoms with Gasteiger partial charge in [-0.2, -0.15) is 0 Å². The Balaban J connectivity index is 1.83. The Morgan fingerprint density at radius 3 is 2.61 bits per heavy atom. The van der Waals surface area contributed by atoms with Gasteiger partial charge in [-0.15, -0.1) is 0 Å². The molecule has 1 aliphatic heterocycles. The van der Waals surface area contributed by atoms with Crippen molar-refractivity contribution in [3.8, 4) is 0 Å². The molecule has 5 heteroatoms. The number of halogens is 1. The van der Waals surface area contributed by atoms with Crippen molar-refractivity contribution in [2.24, 2.45) is 5.41 Å². The molecule has 124 valence electrons. The Morgan fingerprint density at radius 2 is 2.04 bits per heavy atom. The van der Waals surface area contributed by atoms with Gasteiger partial charge in [0.05, 0.1) is 11.5 Å². The molecule has 1 fully saturated rings. The van der Waals surface area contributed by atoms with Crippen LogP contribution in [0.25, 0.3) is 0 Å². The molecule has 1 aliphatic carbocycles. The van der Waals surface area contributed by atoms with Crippen molar-refractivity contribution >= 4 is 11.9 Å². The Labute approximate surface area is 135 Å². The number of amides is 1. The van der Waals surface area contributed by atoms with Crippen LogP contribution in [0.2, 0.25) is 0 Å². The van der Waals surface area contributed by atoms with Gasteiger partial charge in [-0.05, 0) is 56.4 Å². The summed E-state index contributed by atoms with van der Waals surface area (Å²) >= 11 is 0. The first-order valence-electron chi connectivity index (χ1n) is 8.17. The van der Waals surface area contributed by atoms with E-state index < -0.39 is 11.4 Å². The average Bonchev–Trinajstić information content (AvgIpc) is 2.41. The number of carboxylic acids is 1. The molecule has 0 spiro atoms. The van der Waals surface area contributed by atoms with E-state index in [9.17, 15) is 19.1 Å². The van der Waals surface area contributed by atoms with Crippen LogP contribution in [-0.2, 0) is 16.0 Å². The maximum absolute atomic E-state index is 13.4. The zero-order valence-electron chi connectivity index (χ0n) is 13.5. The smallest absolute Gasteiger partial charge is 0.310 e. The first-order chi connectivity index (χ1) is 10.8. The van der Waals surface area contributed by atoms with Crippen LogP contribution in [-0.4, -0.2) is 27.9 Å². The van der Waals surface area contributed by atoms with E-state index in [1.165, 1.54) is 12.1 Å². The first kappa shape index (κ1) is 16.0. The predicted octanol–water partition coefficient (Wildman–Crippen LogP) is 3.30. The fourth-order valence-corrected chi connectivity index (χ4v) is 4.02. The van der Waals surface area contributed by atoms with Gasteiger partial charge in [0, 0.05) is 12.5 Å². The van der Waals surface area contributed by atoms with Crippen molar-refractivity contribution in [1.29, 1.82) is 0 Å². The minimum atomic E-state index is -0.875. The Bertz CT molecular complexity index is 654. The zero-order valence-corrected chi connectivity index (χ0v) is 13.5. The van der Waals surface area contributed by atoms with Gasteiger partial charge < -0.3 is 10.0 Å². The predicted molar refractivity (Wildman–Crippen MR) is 83.4 cm³/mol. The summed E-state index contributed by atoms with van der Waals surface area (Å²) in [5, 5.41) is 9.44. The number of carboxylic acid groups (broad SMARTS) is 1. The maximum Gasteiger partial charge on any atom is 0.310 e. The number of hydrogen-bond acceptors (Lipinski definition) is 2. The highest BCUT2D eigenvalue weighted by Crippen LogP contribution is 2.45. The van der Waals surface area contributed by atoms with Gasteiger partial charge in [0.1, 0.15) is 5.82 Å².